The summed E-state index contributed by atoms with van der Waals surface area (Å²) in [7, 11) is 1.33. The smallest absolute Gasteiger partial charge is 0.328 e. The van der Waals surface area contributed by atoms with Gasteiger partial charge in [-0.05, 0) is 32.1 Å². The fourth-order valence-corrected chi connectivity index (χ4v) is 3.07. The van der Waals surface area contributed by atoms with Crippen molar-refractivity contribution in [3.05, 3.63) is 0 Å². The third kappa shape index (κ3) is 3.83. The van der Waals surface area contributed by atoms with E-state index in [1.54, 1.807) is 6.92 Å². The Kier molecular flexibility index (Phi) is 6.07. The first-order valence-corrected chi connectivity index (χ1v) is 6.76. The molecule has 2 fully saturated rings. The van der Waals surface area contributed by atoms with Crippen LogP contribution in [0, 0.1) is 5.92 Å². The Bertz CT molecular complexity index is 324. The van der Waals surface area contributed by atoms with Gasteiger partial charge >= 0.3 is 5.97 Å². The molecule has 1 heterocycles. The van der Waals surface area contributed by atoms with Crippen molar-refractivity contribution in [1.82, 2.24) is 10.6 Å². The molecule has 2 rings (SSSR count). The molecule has 1 saturated carbocycles. The zero-order valence-electron chi connectivity index (χ0n) is 11.5. The molecule has 19 heavy (non-hydrogen) atoms. The highest BCUT2D eigenvalue weighted by Gasteiger charge is 2.38. The van der Waals surface area contributed by atoms with Crippen molar-refractivity contribution in [2.75, 3.05) is 7.11 Å². The largest absolute Gasteiger partial charge is 0.467 e. The van der Waals surface area contributed by atoms with Gasteiger partial charge < -0.3 is 15.4 Å². The number of ether oxygens (including phenoxy) is 1. The normalized spacial score (nSPS) is 30.7. The number of nitrogens with one attached hydrogen (secondary N) is 2. The fraction of sp³-hybridized carbons (Fsp3) is 0.846. The van der Waals surface area contributed by atoms with Crippen molar-refractivity contribution in [2.45, 2.75) is 57.2 Å². The number of fused-ring (bicyclic) bond motifs is 1. The maximum atomic E-state index is 12.0. The van der Waals surface area contributed by atoms with Gasteiger partial charge in [-0.15, -0.1) is 12.4 Å². The first-order chi connectivity index (χ1) is 8.61. The number of hydrogen-bond donors (Lipinski definition) is 2. The summed E-state index contributed by atoms with van der Waals surface area (Å²) in [4.78, 5) is 23.3. The molecular weight excluding hydrogens is 268 g/mol. The minimum atomic E-state index is -0.577. The molecule has 0 aromatic heterocycles. The van der Waals surface area contributed by atoms with Crippen LogP contribution in [0.2, 0.25) is 0 Å². The van der Waals surface area contributed by atoms with Crippen LogP contribution in [0.15, 0.2) is 0 Å². The van der Waals surface area contributed by atoms with Gasteiger partial charge in [0.1, 0.15) is 6.04 Å². The molecule has 110 valence electrons. The minimum absolute atomic E-state index is 0. The molecule has 2 aliphatic rings. The van der Waals surface area contributed by atoms with Crippen molar-refractivity contribution in [2.24, 2.45) is 5.92 Å². The standard InChI is InChI=1S/C13H22N2O3.ClH/c1-8(13(17)18-2)14-12(16)11-7-9-5-3-4-6-10(9)15-11;/h8-11,15H,3-7H2,1-2H3,(H,14,16);1H/t8-,9?,10?,11?;/m0./s1. The number of carbonyl (C=O) groups is 2. The maximum absolute atomic E-state index is 12.0. The van der Waals surface area contributed by atoms with Crippen LogP contribution < -0.4 is 10.6 Å². The van der Waals surface area contributed by atoms with E-state index in [-0.39, 0.29) is 24.4 Å². The van der Waals surface area contributed by atoms with Crippen LogP contribution in [0.25, 0.3) is 0 Å². The molecule has 1 amide bonds. The van der Waals surface area contributed by atoms with E-state index in [0.717, 1.165) is 6.42 Å². The van der Waals surface area contributed by atoms with Gasteiger partial charge in [0.25, 0.3) is 0 Å². The summed E-state index contributed by atoms with van der Waals surface area (Å²) < 4.78 is 4.60. The van der Waals surface area contributed by atoms with Crippen molar-refractivity contribution < 1.29 is 14.3 Å². The predicted octanol–water partition coefficient (Wildman–Crippen LogP) is 1.01. The Morgan fingerprint density at radius 1 is 1.32 bits per heavy atom. The molecule has 3 unspecified atom stereocenters. The van der Waals surface area contributed by atoms with E-state index in [9.17, 15) is 9.59 Å². The lowest BCUT2D eigenvalue weighted by Gasteiger charge is -2.24. The van der Waals surface area contributed by atoms with E-state index in [4.69, 9.17) is 0 Å². The molecule has 0 bridgehead atoms. The Morgan fingerprint density at radius 3 is 2.63 bits per heavy atom. The van der Waals surface area contributed by atoms with E-state index in [0.29, 0.717) is 12.0 Å². The number of esters is 1. The Morgan fingerprint density at radius 2 is 2.00 bits per heavy atom. The zero-order valence-corrected chi connectivity index (χ0v) is 12.3. The van der Waals surface area contributed by atoms with Crippen LogP contribution in [0.3, 0.4) is 0 Å². The zero-order chi connectivity index (χ0) is 13.1. The van der Waals surface area contributed by atoms with E-state index < -0.39 is 12.0 Å². The van der Waals surface area contributed by atoms with Gasteiger partial charge in [-0.3, -0.25) is 4.79 Å². The van der Waals surface area contributed by atoms with Gasteiger partial charge in [-0.2, -0.15) is 0 Å². The number of halogens is 1. The third-order valence-corrected chi connectivity index (χ3v) is 4.09. The Labute approximate surface area is 120 Å². The molecule has 0 radical (unpaired) electrons. The lowest BCUT2D eigenvalue weighted by molar-refractivity contribution is -0.144. The molecule has 0 aromatic carbocycles. The summed E-state index contributed by atoms with van der Waals surface area (Å²) in [6, 6.07) is -0.236. The van der Waals surface area contributed by atoms with Crippen LogP contribution in [0.4, 0.5) is 0 Å². The van der Waals surface area contributed by atoms with Crippen LogP contribution in [-0.2, 0) is 14.3 Å². The highest BCUT2D eigenvalue weighted by atomic mass is 35.5. The molecule has 1 aliphatic carbocycles. The van der Waals surface area contributed by atoms with E-state index in [1.807, 2.05) is 0 Å². The molecular formula is C13H23ClN2O3. The van der Waals surface area contributed by atoms with Gasteiger partial charge in [-0.25, -0.2) is 4.79 Å². The van der Waals surface area contributed by atoms with Crippen LogP contribution in [-0.4, -0.2) is 37.1 Å². The second kappa shape index (κ2) is 7.10. The van der Waals surface area contributed by atoms with Crippen molar-refractivity contribution >= 4 is 24.3 Å². The summed E-state index contributed by atoms with van der Waals surface area (Å²) in [6.45, 7) is 1.64. The maximum Gasteiger partial charge on any atom is 0.328 e. The summed E-state index contributed by atoms with van der Waals surface area (Å²) >= 11 is 0. The average Bonchev–Trinajstić information content (AvgIpc) is 2.81. The lowest BCUT2D eigenvalue weighted by atomic mass is 9.85. The molecule has 4 atom stereocenters. The number of methoxy groups -OCH3 is 1. The average molecular weight is 291 g/mol. The molecule has 1 aliphatic heterocycles. The molecule has 1 saturated heterocycles. The highest BCUT2D eigenvalue weighted by molar-refractivity contribution is 5.87. The molecule has 6 heteroatoms. The summed E-state index contributed by atoms with van der Waals surface area (Å²) in [5, 5.41) is 6.10. The number of hydrogen-bond acceptors (Lipinski definition) is 4. The van der Waals surface area contributed by atoms with Gasteiger partial charge in [0.2, 0.25) is 5.91 Å². The first-order valence-electron chi connectivity index (χ1n) is 6.76. The predicted molar refractivity (Wildman–Crippen MR) is 74.2 cm³/mol. The van der Waals surface area contributed by atoms with Gasteiger partial charge in [0, 0.05) is 6.04 Å². The summed E-state index contributed by atoms with van der Waals surface area (Å²) in [6.07, 6.45) is 5.80. The van der Waals surface area contributed by atoms with Crippen molar-refractivity contribution in [3.8, 4) is 0 Å². The number of amides is 1. The van der Waals surface area contributed by atoms with Crippen LogP contribution >= 0.6 is 12.4 Å². The molecule has 5 nitrogen and oxygen atoms in total. The first kappa shape index (κ1) is 16.2. The van der Waals surface area contributed by atoms with Crippen molar-refractivity contribution in [1.29, 1.82) is 0 Å². The van der Waals surface area contributed by atoms with Crippen LogP contribution in [0.5, 0.6) is 0 Å². The Hall–Kier alpha value is -0.810. The fourth-order valence-electron chi connectivity index (χ4n) is 3.07. The van der Waals surface area contributed by atoms with Gasteiger partial charge in [-0.1, -0.05) is 12.8 Å². The Balaban J connectivity index is 0.00000180. The molecule has 2 N–H and O–H groups in total. The monoisotopic (exact) mass is 290 g/mol. The van der Waals surface area contributed by atoms with Crippen LogP contribution in [0.1, 0.15) is 39.0 Å². The quantitative estimate of drug-likeness (QED) is 0.761. The topological polar surface area (TPSA) is 67.4 Å². The minimum Gasteiger partial charge on any atom is -0.467 e. The molecule has 0 aromatic rings. The molecule has 0 spiro atoms. The summed E-state index contributed by atoms with van der Waals surface area (Å²) in [5.74, 6) is 0.143. The van der Waals surface area contributed by atoms with Gasteiger partial charge in [0.15, 0.2) is 0 Å². The van der Waals surface area contributed by atoms with E-state index in [1.165, 1.54) is 32.8 Å². The second-order valence-corrected chi connectivity index (χ2v) is 5.36. The third-order valence-electron chi connectivity index (χ3n) is 4.09. The van der Waals surface area contributed by atoms with E-state index >= 15 is 0 Å². The lowest BCUT2D eigenvalue weighted by Crippen LogP contribution is -2.48. The summed E-state index contributed by atoms with van der Waals surface area (Å²) in [5.41, 5.74) is 0. The van der Waals surface area contributed by atoms with Gasteiger partial charge in [0.05, 0.1) is 13.2 Å². The second-order valence-electron chi connectivity index (χ2n) is 5.36. The SMILES string of the molecule is COC(=O)[C@H](C)NC(=O)C1CC2CCCCC2N1.Cl. The number of rotatable bonds is 3. The highest BCUT2D eigenvalue weighted by Crippen LogP contribution is 2.33. The van der Waals surface area contributed by atoms with E-state index in [2.05, 4.69) is 15.4 Å². The number of carbonyl (C=O) groups excluding carboxylic acids is 2. The van der Waals surface area contributed by atoms with Crippen molar-refractivity contribution in [3.63, 3.8) is 0 Å².